The second-order valence-corrected chi connectivity index (χ2v) is 7.25. The number of benzene rings is 1. The molecule has 0 radical (unpaired) electrons. The second-order valence-electron chi connectivity index (χ2n) is 4.81. The van der Waals surface area contributed by atoms with E-state index in [9.17, 15) is 4.79 Å². The number of nitrogens with zero attached hydrogens (tertiary/aromatic N) is 3. The van der Waals surface area contributed by atoms with Gasteiger partial charge in [0.25, 0.3) is 0 Å². The number of hydrogen-bond acceptors (Lipinski definition) is 5. The van der Waals surface area contributed by atoms with E-state index < -0.39 is 0 Å². The number of rotatable bonds is 3. The largest absolute Gasteiger partial charge is 0.311 e. The normalized spacial score (nSPS) is 18.1. The molecule has 7 heteroatoms. The topological polar surface area (TPSA) is 61.9 Å². The Balaban J connectivity index is 1.76. The molecular formula is C14H16N4OS2. The summed E-state index contributed by atoms with van der Waals surface area (Å²) in [5.41, 5.74) is 1.02. The van der Waals surface area contributed by atoms with Crippen LogP contribution >= 0.6 is 23.5 Å². The number of amides is 1. The molecule has 1 N–H and O–H groups in total. The molecule has 1 aliphatic heterocycles. The fourth-order valence-corrected chi connectivity index (χ4v) is 3.99. The summed E-state index contributed by atoms with van der Waals surface area (Å²) in [6.45, 7) is 2.97. The molecule has 3 rings (SSSR count). The highest BCUT2D eigenvalue weighted by Crippen LogP contribution is 2.37. The van der Waals surface area contributed by atoms with Crippen LogP contribution in [0.1, 0.15) is 13.3 Å². The molecule has 2 aromatic rings. The van der Waals surface area contributed by atoms with Crippen LogP contribution in [0.4, 0.5) is 5.69 Å². The van der Waals surface area contributed by atoms with E-state index in [1.807, 2.05) is 34.9 Å². The number of aromatic amines is 1. The molecule has 110 valence electrons. The number of carbonyl (C=O) groups excluding carboxylic acids is 1. The first-order valence-corrected chi connectivity index (χ1v) is 8.65. The maximum Gasteiger partial charge on any atom is 0.237 e. The van der Waals surface area contributed by atoms with Crippen LogP contribution in [-0.4, -0.2) is 38.6 Å². The van der Waals surface area contributed by atoms with Crippen molar-refractivity contribution in [2.75, 3.05) is 17.2 Å². The van der Waals surface area contributed by atoms with Gasteiger partial charge in [-0.2, -0.15) is 5.10 Å². The van der Waals surface area contributed by atoms with Gasteiger partial charge < -0.3 is 4.90 Å². The zero-order chi connectivity index (χ0) is 14.7. The molecule has 2 heterocycles. The van der Waals surface area contributed by atoms with Gasteiger partial charge in [0.1, 0.15) is 6.33 Å². The van der Waals surface area contributed by atoms with Gasteiger partial charge in [0.15, 0.2) is 5.16 Å². The predicted octanol–water partition coefficient (Wildman–Crippen LogP) is 2.81. The highest BCUT2D eigenvalue weighted by molar-refractivity contribution is 8.00. The molecular weight excluding hydrogens is 304 g/mol. The van der Waals surface area contributed by atoms with Gasteiger partial charge in [0.05, 0.1) is 11.4 Å². The van der Waals surface area contributed by atoms with Crippen LogP contribution in [-0.2, 0) is 4.79 Å². The summed E-state index contributed by atoms with van der Waals surface area (Å²) in [4.78, 5) is 19.7. The first-order chi connectivity index (χ1) is 10.2. The van der Waals surface area contributed by atoms with Crippen molar-refractivity contribution in [2.45, 2.75) is 28.6 Å². The summed E-state index contributed by atoms with van der Waals surface area (Å²) in [7, 11) is 0. The standard InChI is InChI=1S/C14H16N4OS2/c1-10-6-7-18(11-4-2-3-5-12(11)21-10)13(19)8-20-14-15-9-16-17-14/h2-5,9-10H,6-8H2,1H3,(H,15,16,17). The summed E-state index contributed by atoms with van der Waals surface area (Å²) in [6.07, 6.45) is 2.45. The molecule has 0 aliphatic carbocycles. The average molecular weight is 320 g/mol. The van der Waals surface area contributed by atoms with Crippen LogP contribution in [0.2, 0.25) is 0 Å². The third-order valence-corrected chi connectivity index (χ3v) is 5.37. The Morgan fingerprint density at radius 3 is 3.19 bits per heavy atom. The number of nitrogens with one attached hydrogen (secondary N) is 1. The Morgan fingerprint density at radius 2 is 2.38 bits per heavy atom. The van der Waals surface area contributed by atoms with Crippen LogP contribution < -0.4 is 4.90 Å². The lowest BCUT2D eigenvalue weighted by molar-refractivity contribution is -0.116. The van der Waals surface area contributed by atoms with Crippen LogP contribution in [0.5, 0.6) is 0 Å². The summed E-state index contributed by atoms with van der Waals surface area (Å²) >= 11 is 3.22. The number of H-pyrrole nitrogens is 1. The minimum absolute atomic E-state index is 0.110. The molecule has 1 aromatic carbocycles. The van der Waals surface area contributed by atoms with Crippen LogP contribution in [0.15, 0.2) is 40.6 Å². The number of carbonyl (C=O) groups is 1. The van der Waals surface area contributed by atoms with E-state index in [0.717, 1.165) is 18.7 Å². The maximum atomic E-state index is 12.5. The van der Waals surface area contributed by atoms with E-state index >= 15 is 0 Å². The summed E-state index contributed by atoms with van der Waals surface area (Å²) in [5, 5.41) is 7.74. The van der Waals surface area contributed by atoms with Gasteiger partial charge in [0, 0.05) is 16.7 Å². The third kappa shape index (κ3) is 3.41. The van der Waals surface area contributed by atoms with Crippen LogP contribution in [0.3, 0.4) is 0 Å². The molecule has 0 saturated carbocycles. The van der Waals surface area contributed by atoms with Crippen molar-refractivity contribution in [2.24, 2.45) is 0 Å². The fourth-order valence-electron chi connectivity index (χ4n) is 2.22. The number of aromatic nitrogens is 3. The van der Waals surface area contributed by atoms with Gasteiger partial charge in [-0.1, -0.05) is 30.8 Å². The van der Waals surface area contributed by atoms with Gasteiger partial charge in [-0.05, 0) is 18.6 Å². The molecule has 5 nitrogen and oxygen atoms in total. The lowest BCUT2D eigenvalue weighted by Gasteiger charge is -2.22. The number of fused-ring (bicyclic) bond motifs is 1. The van der Waals surface area contributed by atoms with E-state index in [2.05, 4.69) is 28.2 Å². The fraction of sp³-hybridized carbons (Fsp3) is 0.357. The SMILES string of the molecule is CC1CCN(C(=O)CSc2ncn[nH]2)c2ccccc2S1. The van der Waals surface area contributed by atoms with E-state index in [1.54, 1.807) is 0 Å². The van der Waals surface area contributed by atoms with Gasteiger partial charge in [-0.3, -0.25) is 9.89 Å². The summed E-state index contributed by atoms with van der Waals surface area (Å²) in [6, 6.07) is 8.12. The number of para-hydroxylation sites is 1. The predicted molar refractivity (Wildman–Crippen MR) is 85.8 cm³/mol. The highest BCUT2D eigenvalue weighted by atomic mass is 32.2. The van der Waals surface area contributed by atoms with E-state index in [0.29, 0.717) is 16.2 Å². The monoisotopic (exact) mass is 320 g/mol. The zero-order valence-corrected chi connectivity index (χ0v) is 13.3. The quantitative estimate of drug-likeness (QED) is 0.881. The molecule has 0 bridgehead atoms. The molecule has 21 heavy (non-hydrogen) atoms. The Kier molecular flexibility index (Phi) is 4.50. The molecule has 0 saturated heterocycles. The van der Waals surface area contributed by atoms with Gasteiger partial charge in [-0.15, -0.1) is 11.8 Å². The highest BCUT2D eigenvalue weighted by Gasteiger charge is 2.24. The smallest absolute Gasteiger partial charge is 0.237 e. The summed E-state index contributed by atoms with van der Waals surface area (Å²) < 4.78 is 0. The van der Waals surface area contributed by atoms with Crippen molar-refractivity contribution in [1.82, 2.24) is 15.2 Å². The Labute approximate surface area is 131 Å². The number of anilines is 1. The van der Waals surface area contributed by atoms with E-state index in [-0.39, 0.29) is 5.91 Å². The van der Waals surface area contributed by atoms with Crippen molar-refractivity contribution in [3.05, 3.63) is 30.6 Å². The van der Waals surface area contributed by atoms with Gasteiger partial charge >= 0.3 is 0 Å². The maximum absolute atomic E-state index is 12.5. The zero-order valence-electron chi connectivity index (χ0n) is 11.7. The minimum atomic E-state index is 0.110. The molecule has 0 fully saturated rings. The number of thioether (sulfide) groups is 2. The molecule has 1 amide bonds. The Morgan fingerprint density at radius 1 is 1.52 bits per heavy atom. The van der Waals surface area contributed by atoms with Crippen molar-refractivity contribution < 1.29 is 4.79 Å². The second kappa shape index (κ2) is 6.53. The lowest BCUT2D eigenvalue weighted by Crippen LogP contribution is -2.33. The minimum Gasteiger partial charge on any atom is -0.311 e. The molecule has 0 spiro atoms. The van der Waals surface area contributed by atoms with E-state index in [1.165, 1.54) is 23.0 Å². The first kappa shape index (κ1) is 14.5. The lowest BCUT2D eigenvalue weighted by atomic mass is 10.2. The van der Waals surface area contributed by atoms with Crippen LogP contribution in [0, 0.1) is 0 Å². The first-order valence-electron chi connectivity index (χ1n) is 6.78. The van der Waals surface area contributed by atoms with Gasteiger partial charge in [0.2, 0.25) is 5.91 Å². The average Bonchev–Trinajstić information content (AvgIpc) is 2.94. The van der Waals surface area contributed by atoms with E-state index in [4.69, 9.17) is 0 Å². The van der Waals surface area contributed by atoms with Crippen molar-refractivity contribution in [3.8, 4) is 0 Å². The molecule has 1 unspecified atom stereocenters. The Bertz CT molecular complexity index is 617. The van der Waals surface area contributed by atoms with Crippen molar-refractivity contribution in [1.29, 1.82) is 0 Å². The summed E-state index contributed by atoms with van der Waals surface area (Å²) in [5.74, 6) is 0.473. The third-order valence-electron chi connectivity index (χ3n) is 3.27. The number of hydrogen-bond donors (Lipinski definition) is 1. The molecule has 1 aliphatic rings. The van der Waals surface area contributed by atoms with Crippen LogP contribution in [0.25, 0.3) is 0 Å². The van der Waals surface area contributed by atoms with Gasteiger partial charge in [-0.25, -0.2) is 4.98 Å². The van der Waals surface area contributed by atoms with Crippen molar-refractivity contribution >= 4 is 35.1 Å². The molecule has 1 aromatic heterocycles. The Hall–Kier alpha value is -1.47. The molecule has 1 atom stereocenters. The van der Waals surface area contributed by atoms with Crippen molar-refractivity contribution in [3.63, 3.8) is 0 Å².